The number of nitrogens with zero attached hydrogens (tertiary/aromatic N) is 3. The molecule has 11 heavy (non-hydrogen) atoms. The first-order chi connectivity index (χ1) is 5.36. The van der Waals surface area contributed by atoms with Gasteiger partial charge in [0.05, 0.1) is 0 Å². The van der Waals surface area contributed by atoms with Crippen molar-refractivity contribution in [2.45, 2.75) is 6.17 Å². The molecule has 6 heteroatoms. The lowest BCUT2D eigenvalue weighted by atomic mass is 10.5. The molecule has 1 aromatic rings. The fourth-order valence-electron chi connectivity index (χ4n) is 0.953. The van der Waals surface area contributed by atoms with Crippen molar-refractivity contribution >= 4 is 12.2 Å². The Morgan fingerprint density at radius 2 is 2.55 bits per heavy atom. The maximum absolute atomic E-state index is 5.31. The lowest BCUT2D eigenvalue weighted by Gasteiger charge is -2.00. The van der Waals surface area contributed by atoms with Crippen molar-refractivity contribution in [2.24, 2.45) is 4.99 Å². The van der Waals surface area contributed by atoms with Gasteiger partial charge in [0.15, 0.2) is 12.0 Å². The normalized spacial score (nSPS) is 22.7. The van der Waals surface area contributed by atoms with Crippen molar-refractivity contribution in [3.63, 3.8) is 0 Å². The molecular weight excluding hydrogens is 144 g/mol. The Hall–Kier alpha value is -1.43. The third-order valence-electron chi connectivity index (χ3n) is 1.44. The van der Waals surface area contributed by atoms with Crippen LogP contribution in [0.2, 0.25) is 0 Å². The van der Waals surface area contributed by atoms with Crippen LogP contribution in [0, 0.1) is 0 Å². The van der Waals surface area contributed by atoms with Crippen molar-refractivity contribution in [1.82, 2.24) is 20.5 Å². The predicted octanol–water partition coefficient (Wildman–Crippen LogP) is -0.941. The highest BCUT2D eigenvalue weighted by Gasteiger charge is 2.15. The van der Waals surface area contributed by atoms with Gasteiger partial charge in [0.25, 0.3) is 0 Å². The van der Waals surface area contributed by atoms with Crippen molar-refractivity contribution in [1.29, 1.82) is 0 Å². The second-order valence-corrected chi connectivity index (χ2v) is 2.22. The minimum absolute atomic E-state index is 0.0974. The van der Waals surface area contributed by atoms with E-state index in [0.29, 0.717) is 5.82 Å². The first kappa shape index (κ1) is 6.29. The van der Waals surface area contributed by atoms with Crippen LogP contribution in [0.4, 0.5) is 5.95 Å². The van der Waals surface area contributed by atoms with Crippen LogP contribution in [-0.4, -0.2) is 27.9 Å². The van der Waals surface area contributed by atoms with Gasteiger partial charge in [0, 0.05) is 12.8 Å². The number of nitrogens with one attached hydrogen (secondary N) is 2. The molecule has 6 nitrogen and oxygen atoms in total. The van der Waals surface area contributed by atoms with Gasteiger partial charge in [-0.05, 0) is 0 Å². The average Bonchev–Trinajstić information content (AvgIpc) is 2.55. The molecule has 4 N–H and O–H groups in total. The molecule has 1 aliphatic rings. The number of nitrogen functional groups attached to an aromatic ring is 1. The molecule has 1 aliphatic heterocycles. The number of anilines is 1. The van der Waals surface area contributed by atoms with E-state index in [1.54, 1.807) is 6.21 Å². The smallest absolute Gasteiger partial charge is 0.239 e. The summed E-state index contributed by atoms with van der Waals surface area (Å²) in [6.07, 6.45) is 1.70. The Morgan fingerprint density at radius 1 is 1.64 bits per heavy atom. The minimum atomic E-state index is -0.0974. The summed E-state index contributed by atoms with van der Waals surface area (Å²) in [6.45, 7) is 0.769. The van der Waals surface area contributed by atoms with Crippen LogP contribution in [0.1, 0.15) is 12.0 Å². The summed E-state index contributed by atoms with van der Waals surface area (Å²) in [7, 11) is 0. The van der Waals surface area contributed by atoms with Crippen LogP contribution in [0.3, 0.4) is 0 Å². The monoisotopic (exact) mass is 152 g/mol. The number of nitrogens with two attached hydrogens (primary N) is 1. The highest BCUT2D eigenvalue weighted by atomic mass is 15.3. The maximum atomic E-state index is 5.31. The molecule has 1 aromatic heterocycles. The van der Waals surface area contributed by atoms with E-state index >= 15 is 0 Å². The second kappa shape index (κ2) is 2.31. The maximum Gasteiger partial charge on any atom is 0.239 e. The van der Waals surface area contributed by atoms with Crippen molar-refractivity contribution in [3.05, 3.63) is 5.82 Å². The lowest BCUT2D eigenvalue weighted by Crippen LogP contribution is -2.15. The van der Waals surface area contributed by atoms with E-state index in [-0.39, 0.29) is 12.1 Å². The van der Waals surface area contributed by atoms with Gasteiger partial charge in [-0.15, -0.1) is 5.10 Å². The van der Waals surface area contributed by atoms with Crippen LogP contribution in [-0.2, 0) is 0 Å². The number of hydrogen-bond donors (Lipinski definition) is 3. The van der Waals surface area contributed by atoms with Gasteiger partial charge in [-0.2, -0.15) is 4.98 Å². The molecule has 0 bridgehead atoms. The summed E-state index contributed by atoms with van der Waals surface area (Å²) < 4.78 is 0. The van der Waals surface area contributed by atoms with Crippen molar-refractivity contribution < 1.29 is 0 Å². The fraction of sp³-hybridized carbons (Fsp3) is 0.400. The molecule has 0 radical (unpaired) electrons. The largest absolute Gasteiger partial charge is 0.367 e. The van der Waals surface area contributed by atoms with E-state index in [2.05, 4.69) is 25.5 Å². The SMILES string of the molecule is Nc1n[nH]c(C2N=CCN2)n1. The molecule has 58 valence electrons. The van der Waals surface area contributed by atoms with Gasteiger partial charge in [-0.1, -0.05) is 0 Å². The number of aromatic amines is 1. The van der Waals surface area contributed by atoms with E-state index in [1.165, 1.54) is 0 Å². The first-order valence-corrected chi connectivity index (χ1v) is 3.29. The first-order valence-electron chi connectivity index (χ1n) is 3.29. The quantitative estimate of drug-likeness (QED) is 0.484. The Morgan fingerprint density at radius 3 is 3.09 bits per heavy atom. The summed E-state index contributed by atoms with van der Waals surface area (Å²) in [5.74, 6) is 0.917. The van der Waals surface area contributed by atoms with Crippen LogP contribution in [0.25, 0.3) is 0 Å². The molecule has 0 saturated heterocycles. The summed E-state index contributed by atoms with van der Waals surface area (Å²) in [4.78, 5) is 8.02. The van der Waals surface area contributed by atoms with Gasteiger partial charge in [0.1, 0.15) is 0 Å². The highest BCUT2D eigenvalue weighted by molar-refractivity contribution is 5.62. The molecular formula is C5H8N6. The van der Waals surface area contributed by atoms with Crippen LogP contribution >= 0.6 is 0 Å². The molecule has 0 saturated carbocycles. The zero-order valence-electron chi connectivity index (χ0n) is 5.78. The van der Waals surface area contributed by atoms with E-state index in [9.17, 15) is 0 Å². The Labute approximate surface area is 62.9 Å². The molecule has 0 fully saturated rings. The predicted molar refractivity (Wildman–Crippen MR) is 40.0 cm³/mol. The Balaban J connectivity index is 2.22. The topological polar surface area (TPSA) is 92.0 Å². The van der Waals surface area contributed by atoms with Crippen LogP contribution < -0.4 is 11.1 Å². The molecule has 0 amide bonds. The summed E-state index contributed by atoms with van der Waals surface area (Å²) in [5.41, 5.74) is 5.31. The number of hydrogen-bond acceptors (Lipinski definition) is 5. The van der Waals surface area contributed by atoms with Gasteiger partial charge in [-0.3, -0.25) is 15.4 Å². The van der Waals surface area contributed by atoms with Gasteiger partial charge < -0.3 is 5.73 Å². The number of aromatic nitrogens is 3. The van der Waals surface area contributed by atoms with E-state index in [0.717, 1.165) is 6.54 Å². The highest BCUT2D eigenvalue weighted by Crippen LogP contribution is 2.10. The van der Waals surface area contributed by atoms with Crippen LogP contribution in [0.5, 0.6) is 0 Å². The molecule has 2 rings (SSSR count). The van der Waals surface area contributed by atoms with Crippen LogP contribution in [0.15, 0.2) is 4.99 Å². The molecule has 2 heterocycles. The summed E-state index contributed by atoms with van der Waals surface area (Å²) >= 11 is 0. The van der Waals surface area contributed by atoms with E-state index < -0.39 is 0 Å². The van der Waals surface area contributed by atoms with Crippen molar-refractivity contribution in [2.75, 3.05) is 12.3 Å². The van der Waals surface area contributed by atoms with Crippen molar-refractivity contribution in [3.8, 4) is 0 Å². The lowest BCUT2D eigenvalue weighted by molar-refractivity contribution is 0.605. The summed E-state index contributed by atoms with van der Waals surface area (Å²) in [5, 5.41) is 9.45. The number of rotatable bonds is 1. The molecule has 1 atom stereocenters. The second-order valence-electron chi connectivity index (χ2n) is 2.22. The third kappa shape index (κ3) is 1.07. The number of H-pyrrole nitrogens is 1. The standard InChI is InChI=1S/C5H8N6/c6-5-9-4(10-11-5)3-7-1-2-8-3/h1,3,8H,2H2,(H3,6,9,10,11). The summed E-state index contributed by atoms with van der Waals surface area (Å²) in [6, 6.07) is 0. The van der Waals surface area contributed by atoms with E-state index in [4.69, 9.17) is 5.73 Å². The minimum Gasteiger partial charge on any atom is -0.367 e. The number of aliphatic imine (C=N–C) groups is 1. The average molecular weight is 152 g/mol. The van der Waals surface area contributed by atoms with E-state index in [1.807, 2.05) is 0 Å². The Bertz CT molecular complexity index is 276. The van der Waals surface area contributed by atoms with Gasteiger partial charge in [0.2, 0.25) is 5.95 Å². The fourth-order valence-corrected chi connectivity index (χ4v) is 0.953. The van der Waals surface area contributed by atoms with Gasteiger partial charge in [-0.25, -0.2) is 0 Å². The molecule has 0 aliphatic carbocycles. The zero-order chi connectivity index (χ0) is 7.68. The molecule has 0 aromatic carbocycles. The van der Waals surface area contributed by atoms with Gasteiger partial charge >= 0.3 is 0 Å². The molecule has 0 spiro atoms. The molecule has 1 unspecified atom stereocenters. The third-order valence-corrected chi connectivity index (χ3v) is 1.44. The Kier molecular flexibility index (Phi) is 1.32. The zero-order valence-corrected chi connectivity index (χ0v) is 5.78.